The average Bonchev–Trinajstić information content (AvgIpc) is 2.19. The van der Waals surface area contributed by atoms with Gasteiger partial charge in [0.2, 0.25) is 0 Å². The number of hydrogen-bond acceptors (Lipinski definition) is 2. The highest BCUT2D eigenvalue weighted by atomic mass is 35.5. The van der Waals surface area contributed by atoms with E-state index in [1.54, 1.807) is 11.8 Å². The summed E-state index contributed by atoms with van der Waals surface area (Å²) < 4.78 is 0. The third-order valence-corrected chi connectivity index (χ3v) is 3.51. The molecule has 0 unspecified atom stereocenters. The summed E-state index contributed by atoms with van der Waals surface area (Å²) in [5.74, 6) is 1.12. The first-order chi connectivity index (χ1) is 6.75. The first-order valence-corrected chi connectivity index (χ1v) is 6.29. The van der Waals surface area contributed by atoms with Gasteiger partial charge < -0.3 is 5.73 Å². The molecule has 3 heteroatoms. The number of thioether (sulfide) groups is 1. The highest BCUT2D eigenvalue weighted by Gasteiger charge is 2.02. The SMILES string of the molecule is CCCCCSc1cccc(Cl)c1N. The highest BCUT2D eigenvalue weighted by molar-refractivity contribution is 7.99. The fourth-order valence-corrected chi connectivity index (χ4v) is 2.42. The van der Waals surface area contributed by atoms with Gasteiger partial charge in [-0.05, 0) is 24.3 Å². The summed E-state index contributed by atoms with van der Waals surface area (Å²) in [5.41, 5.74) is 6.56. The maximum atomic E-state index is 5.92. The standard InChI is InChI=1S/C11H16ClNS/c1-2-3-4-8-14-10-7-5-6-9(12)11(10)13/h5-7H,2-4,8,13H2,1H3. The molecular weight excluding hydrogens is 214 g/mol. The van der Waals surface area contributed by atoms with E-state index in [2.05, 4.69) is 6.92 Å². The smallest absolute Gasteiger partial charge is 0.0646 e. The van der Waals surface area contributed by atoms with Crippen LogP contribution in [0.1, 0.15) is 26.2 Å². The van der Waals surface area contributed by atoms with Crippen LogP contribution in [0.15, 0.2) is 23.1 Å². The highest BCUT2D eigenvalue weighted by Crippen LogP contribution is 2.31. The van der Waals surface area contributed by atoms with Crippen molar-refractivity contribution in [3.05, 3.63) is 23.2 Å². The molecule has 0 aromatic heterocycles. The summed E-state index contributed by atoms with van der Waals surface area (Å²) in [6, 6.07) is 5.80. The first kappa shape index (κ1) is 11.7. The van der Waals surface area contributed by atoms with Gasteiger partial charge in [-0.15, -0.1) is 11.8 Å². The molecule has 0 heterocycles. The van der Waals surface area contributed by atoms with Crippen molar-refractivity contribution in [3.8, 4) is 0 Å². The maximum absolute atomic E-state index is 5.92. The van der Waals surface area contributed by atoms with Gasteiger partial charge in [0.15, 0.2) is 0 Å². The van der Waals surface area contributed by atoms with Crippen molar-refractivity contribution < 1.29 is 0 Å². The third kappa shape index (κ3) is 3.43. The minimum Gasteiger partial charge on any atom is -0.397 e. The Balaban J connectivity index is 2.46. The fourth-order valence-electron chi connectivity index (χ4n) is 1.18. The molecule has 1 aromatic carbocycles. The number of nitrogens with two attached hydrogens (primary N) is 1. The predicted octanol–water partition coefficient (Wildman–Crippen LogP) is 4.20. The number of nitrogen functional groups attached to an aromatic ring is 1. The van der Waals surface area contributed by atoms with Gasteiger partial charge in [-0.25, -0.2) is 0 Å². The molecule has 2 N–H and O–H groups in total. The molecule has 0 aliphatic heterocycles. The van der Waals surface area contributed by atoms with E-state index in [0.29, 0.717) is 5.02 Å². The summed E-state index contributed by atoms with van der Waals surface area (Å²) in [5, 5.41) is 0.658. The summed E-state index contributed by atoms with van der Waals surface area (Å²) in [6.45, 7) is 2.21. The topological polar surface area (TPSA) is 26.0 Å². The predicted molar refractivity (Wildman–Crippen MR) is 66.1 cm³/mol. The molecule has 1 nitrogen and oxygen atoms in total. The van der Waals surface area contributed by atoms with Gasteiger partial charge in [0.05, 0.1) is 10.7 Å². The van der Waals surface area contributed by atoms with Crippen molar-refractivity contribution in [1.82, 2.24) is 0 Å². The van der Waals surface area contributed by atoms with Crippen LogP contribution in [-0.4, -0.2) is 5.75 Å². The molecule has 0 fully saturated rings. The van der Waals surface area contributed by atoms with E-state index in [1.807, 2.05) is 18.2 Å². The summed E-state index contributed by atoms with van der Waals surface area (Å²) in [4.78, 5) is 1.11. The van der Waals surface area contributed by atoms with Crippen molar-refractivity contribution in [2.75, 3.05) is 11.5 Å². The molecule has 0 aliphatic rings. The van der Waals surface area contributed by atoms with Crippen LogP contribution in [0.25, 0.3) is 0 Å². The molecule has 0 radical (unpaired) electrons. The quantitative estimate of drug-likeness (QED) is 0.465. The van der Waals surface area contributed by atoms with Gasteiger partial charge in [0.25, 0.3) is 0 Å². The zero-order valence-corrected chi connectivity index (χ0v) is 10.00. The van der Waals surface area contributed by atoms with E-state index < -0.39 is 0 Å². The fraction of sp³-hybridized carbons (Fsp3) is 0.455. The van der Waals surface area contributed by atoms with Crippen molar-refractivity contribution >= 4 is 29.1 Å². The number of para-hydroxylation sites is 1. The Morgan fingerprint density at radius 2 is 2.14 bits per heavy atom. The summed E-state index contributed by atoms with van der Waals surface area (Å²) in [6.07, 6.45) is 3.78. The van der Waals surface area contributed by atoms with Gasteiger partial charge in [0.1, 0.15) is 0 Å². The Hall–Kier alpha value is -0.340. The van der Waals surface area contributed by atoms with Crippen LogP contribution in [0.3, 0.4) is 0 Å². The molecule has 14 heavy (non-hydrogen) atoms. The average molecular weight is 230 g/mol. The van der Waals surface area contributed by atoms with E-state index in [9.17, 15) is 0 Å². The second-order valence-electron chi connectivity index (χ2n) is 3.21. The third-order valence-electron chi connectivity index (χ3n) is 2.02. The molecular formula is C11H16ClNS. The minimum atomic E-state index is 0.658. The van der Waals surface area contributed by atoms with Crippen molar-refractivity contribution in [3.63, 3.8) is 0 Å². The lowest BCUT2D eigenvalue weighted by Crippen LogP contribution is -1.90. The molecule has 1 aromatic rings. The largest absolute Gasteiger partial charge is 0.397 e. The van der Waals surface area contributed by atoms with E-state index in [4.69, 9.17) is 17.3 Å². The molecule has 0 spiro atoms. The van der Waals surface area contributed by atoms with E-state index in [0.717, 1.165) is 16.3 Å². The zero-order chi connectivity index (χ0) is 10.4. The second-order valence-corrected chi connectivity index (χ2v) is 4.75. The van der Waals surface area contributed by atoms with Crippen LogP contribution in [0.4, 0.5) is 5.69 Å². The van der Waals surface area contributed by atoms with Crippen LogP contribution in [0.2, 0.25) is 5.02 Å². The molecule has 78 valence electrons. The normalized spacial score (nSPS) is 10.4. The Labute approximate surface area is 95.0 Å². The number of halogens is 1. The molecule has 0 saturated heterocycles. The van der Waals surface area contributed by atoms with Gasteiger partial charge in [-0.1, -0.05) is 37.4 Å². The van der Waals surface area contributed by atoms with Gasteiger partial charge >= 0.3 is 0 Å². The lowest BCUT2D eigenvalue weighted by molar-refractivity contribution is 0.778. The molecule has 0 aliphatic carbocycles. The van der Waals surface area contributed by atoms with Crippen LogP contribution >= 0.6 is 23.4 Å². The van der Waals surface area contributed by atoms with E-state index in [1.165, 1.54) is 19.3 Å². The zero-order valence-electron chi connectivity index (χ0n) is 8.42. The summed E-state index contributed by atoms with van der Waals surface area (Å²) in [7, 11) is 0. The molecule has 1 rings (SSSR count). The van der Waals surface area contributed by atoms with E-state index >= 15 is 0 Å². The molecule has 0 atom stereocenters. The van der Waals surface area contributed by atoms with Gasteiger partial charge in [0, 0.05) is 4.90 Å². The van der Waals surface area contributed by atoms with Crippen molar-refractivity contribution in [1.29, 1.82) is 0 Å². The monoisotopic (exact) mass is 229 g/mol. The second kappa shape index (κ2) is 6.20. The van der Waals surface area contributed by atoms with Gasteiger partial charge in [-0.3, -0.25) is 0 Å². The lowest BCUT2D eigenvalue weighted by atomic mass is 10.3. The Morgan fingerprint density at radius 1 is 1.36 bits per heavy atom. The number of hydrogen-bond donors (Lipinski definition) is 1. The minimum absolute atomic E-state index is 0.658. The number of benzene rings is 1. The summed E-state index contributed by atoms with van der Waals surface area (Å²) >= 11 is 7.71. The van der Waals surface area contributed by atoms with Crippen LogP contribution < -0.4 is 5.73 Å². The first-order valence-electron chi connectivity index (χ1n) is 4.92. The molecule has 0 saturated carbocycles. The van der Waals surface area contributed by atoms with Crippen LogP contribution in [-0.2, 0) is 0 Å². The lowest BCUT2D eigenvalue weighted by Gasteiger charge is -2.05. The number of rotatable bonds is 5. The van der Waals surface area contributed by atoms with Crippen LogP contribution in [0.5, 0.6) is 0 Å². The number of unbranched alkanes of at least 4 members (excludes halogenated alkanes) is 2. The number of anilines is 1. The maximum Gasteiger partial charge on any atom is 0.0646 e. The van der Waals surface area contributed by atoms with Crippen molar-refractivity contribution in [2.45, 2.75) is 31.1 Å². The van der Waals surface area contributed by atoms with Crippen molar-refractivity contribution in [2.24, 2.45) is 0 Å². The van der Waals surface area contributed by atoms with E-state index in [-0.39, 0.29) is 0 Å². The molecule has 0 bridgehead atoms. The Kier molecular flexibility index (Phi) is 5.20. The van der Waals surface area contributed by atoms with Gasteiger partial charge in [-0.2, -0.15) is 0 Å². The molecule has 0 amide bonds. The van der Waals surface area contributed by atoms with Crippen LogP contribution in [0, 0.1) is 0 Å². The Morgan fingerprint density at radius 3 is 2.86 bits per heavy atom. The Bertz CT molecular complexity index is 289.